The highest BCUT2D eigenvalue weighted by Crippen LogP contribution is 2.20. The molecule has 1 aromatic carbocycles. The smallest absolute Gasteiger partial charge is 0.319 e. The van der Waals surface area contributed by atoms with Crippen LogP contribution in [-0.2, 0) is 0 Å². The lowest BCUT2D eigenvalue weighted by atomic mass is 10.1. The number of amides is 2. The molecule has 0 aliphatic heterocycles. The molecule has 0 spiro atoms. The molecule has 1 aromatic heterocycles. The number of nitrogens with zero attached hydrogens (tertiary/aromatic N) is 2. The first kappa shape index (κ1) is 16.0. The Balaban J connectivity index is 1.81. The van der Waals surface area contributed by atoms with Crippen LogP contribution >= 0.6 is 0 Å². The fourth-order valence-electron chi connectivity index (χ4n) is 1.95. The van der Waals surface area contributed by atoms with Crippen molar-refractivity contribution in [2.45, 2.75) is 32.3 Å². The number of hydrogen-bond acceptors (Lipinski definition) is 5. The molecular formula is C15H20N4O3. The first-order valence-electron chi connectivity index (χ1n) is 7.28. The van der Waals surface area contributed by atoms with Crippen LogP contribution in [0.4, 0.5) is 10.5 Å². The Bertz CT molecular complexity index is 586. The molecule has 2 rings (SSSR count). The fraction of sp³-hybridized carbons (Fsp3) is 0.400. The number of aromatic nitrogens is 2. The van der Waals surface area contributed by atoms with E-state index in [-0.39, 0.29) is 12.1 Å². The molecule has 0 unspecified atom stereocenters. The van der Waals surface area contributed by atoms with Crippen LogP contribution in [0.2, 0.25) is 0 Å². The van der Waals surface area contributed by atoms with Gasteiger partial charge in [-0.2, -0.15) is 0 Å². The van der Waals surface area contributed by atoms with E-state index >= 15 is 0 Å². The van der Waals surface area contributed by atoms with E-state index in [0.717, 1.165) is 18.4 Å². The number of benzene rings is 1. The summed E-state index contributed by atoms with van der Waals surface area (Å²) >= 11 is 0. The van der Waals surface area contributed by atoms with Gasteiger partial charge in [-0.25, -0.2) is 4.79 Å². The zero-order chi connectivity index (χ0) is 15.8. The van der Waals surface area contributed by atoms with E-state index in [4.69, 9.17) is 4.42 Å². The van der Waals surface area contributed by atoms with Crippen LogP contribution in [0, 0.1) is 0 Å². The van der Waals surface area contributed by atoms with Gasteiger partial charge in [0, 0.05) is 17.8 Å². The molecule has 2 aromatic rings. The van der Waals surface area contributed by atoms with Crippen LogP contribution in [0.25, 0.3) is 11.5 Å². The summed E-state index contributed by atoms with van der Waals surface area (Å²) < 4.78 is 5.12. The topological polar surface area (TPSA) is 100 Å². The minimum atomic E-state index is -0.295. The Kier molecular flexibility index (Phi) is 5.91. The second-order valence-corrected chi connectivity index (χ2v) is 4.91. The number of aliphatic hydroxyl groups excluding tert-OH is 1. The van der Waals surface area contributed by atoms with E-state index in [1.807, 2.05) is 13.0 Å². The average Bonchev–Trinajstić information content (AvgIpc) is 3.06. The van der Waals surface area contributed by atoms with Crippen LogP contribution in [0.15, 0.2) is 35.1 Å². The maximum Gasteiger partial charge on any atom is 0.319 e. The van der Waals surface area contributed by atoms with Crippen molar-refractivity contribution in [3.63, 3.8) is 0 Å². The molecule has 22 heavy (non-hydrogen) atoms. The van der Waals surface area contributed by atoms with Gasteiger partial charge in [-0.15, -0.1) is 10.2 Å². The summed E-state index contributed by atoms with van der Waals surface area (Å²) in [5.74, 6) is 0.401. The molecule has 118 valence electrons. The minimum Gasteiger partial charge on any atom is -0.423 e. The molecule has 7 nitrogen and oxygen atoms in total. The number of carbonyl (C=O) groups is 1. The number of carbonyl (C=O) groups excluding carboxylic acids is 1. The first-order valence-corrected chi connectivity index (χ1v) is 7.28. The average molecular weight is 304 g/mol. The van der Waals surface area contributed by atoms with Gasteiger partial charge in [-0.1, -0.05) is 13.0 Å². The van der Waals surface area contributed by atoms with Crippen molar-refractivity contribution >= 4 is 11.7 Å². The Hall–Kier alpha value is -2.41. The van der Waals surface area contributed by atoms with Gasteiger partial charge in [0.15, 0.2) is 0 Å². The van der Waals surface area contributed by atoms with Crippen LogP contribution in [0.5, 0.6) is 0 Å². The molecule has 0 aliphatic carbocycles. The molecule has 1 heterocycles. The number of hydrogen-bond donors (Lipinski definition) is 3. The zero-order valence-electron chi connectivity index (χ0n) is 12.5. The molecule has 0 saturated heterocycles. The van der Waals surface area contributed by atoms with Crippen LogP contribution in [0.3, 0.4) is 0 Å². The lowest BCUT2D eigenvalue weighted by Crippen LogP contribution is -2.30. The number of rotatable bonds is 7. The highest BCUT2D eigenvalue weighted by atomic mass is 16.4. The van der Waals surface area contributed by atoms with Gasteiger partial charge in [0.25, 0.3) is 0 Å². The summed E-state index contributed by atoms with van der Waals surface area (Å²) in [6.45, 7) is 2.45. The van der Waals surface area contributed by atoms with E-state index in [1.165, 1.54) is 6.39 Å². The largest absolute Gasteiger partial charge is 0.423 e. The Morgan fingerprint density at radius 2 is 2.32 bits per heavy atom. The molecule has 1 atom stereocenters. The first-order chi connectivity index (χ1) is 10.7. The summed E-state index contributed by atoms with van der Waals surface area (Å²) in [7, 11) is 0. The molecule has 7 heteroatoms. The number of nitrogens with one attached hydrogen (secondary N) is 2. The van der Waals surface area contributed by atoms with E-state index in [1.54, 1.807) is 18.2 Å². The molecule has 0 radical (unpaired) electrons. The summed E-state index contributed by atoms with van der Waals surface area (Å²) in [4.78, 5) is 11.8. The Labute approximate surface area is 128 Å². The van der Waals surface area contributed by atoms with Gasteiger partial charge in [0.2, 0.25) is 12.3 Å². The Morgan fingerprint density at radius 1 is 1.45 bits per heavy atom. The summed E-state index contributed by atoms with van der Waals surface area (Å²) in [6.07, 6.45) is 3.12. The third-order valence-electron chi connectivity index (χ3n) is 3.20. The second-order valence-electron chi connectivity index (χ2n) is 4.91. The number of anilines is 1. The van der Waals surface area contributed by atoms with Crippen molar-refractivity contribution in [1.82, 2.24) is 15.5 Å². The quantitative estimate of drug-likeness (QED) is 0.682. The lowest BCUT2D eigenvalue weighted by molar-refractivity contribution is 0.157. The second kappa shape index (κ2) is 8.14. The molecule has 2 amide bonds. The molecule has 0 fully saturated rings. The maximum absolute atomic E-state index is 11.8. The Morgan fingerprint density at radius 3 is 3.05 bits per heavy atom. The van der Waals surface area contributed by atoms with Crippen molar-refractivity contribution in [2.24, 2.45) is 0 Å². The van der Waals surface area contributed by atoms with Gasteiger partial charge >= 0.3 is 6.03 Å². The van der Waals surface area contributed by atoms with Crippen molar-refractivity contribution in [2.75, 3.05) is 11.9 Å². The molecule has 0 saturated carbocycles. The van der Waals surface area contributed by atoms with Gasteiger partial charge in [0.05, 0.1) is 6.10 Å². The van der Waals surface area contributed by atoms with Gasteiger partial charge in [-0.05, 0) is 37.5 Å². The fourth-order valence-corrected chi connectivity index (χ4v) is 1.95. The zero-order valence-corrected chi connectivity index (χ0v) is 12.5. The van der Waals surface area contributed by atoms with Gasteiger partial charge in [-0.3, -0.25) is 0 Å². The SMILES string of the molecule is CC[C@@H](O)CCCNC(=O)Nc1cccc(-c2nnco2)c1. The predicted octanol–water partition coefficient (Wildman–Crippen LogP) is 2.41. The van der Waals surface area contributed by atoms with E-state index in [9.17, 15) is 9.90 Å². The van der Waals surface area contributed by atoms with Crippen molar-refractivity contribution in [3.8, 4) is 11.5 Å². The van der Waals surface area contributed by atoms with Crippen LogP contribution < -0.4 is 10.6 Å². The van der Waals surface area contributed by atoms with Crippen molar-refractivity contribution < 1.29 is 14.3 Å². The molecule has 0 bridgehead atoms. The highest BCUT2D eigenvalue weighted by molar-refractivity contribution is 5.89. The van der Waals surface area contributed by atoms with Crippen molar-refractivity contribution in [1.29, 1.82) is 0 Å². The van der Waals surface area contributed by atoms with Crippen LogP contribution in [0.1, 0.15) is 26.2 Å². The monoisotopic (exact) mass is 304 g/mol. The van der Waals surface area contributed by atoms with Gasteiger partial charge in [0.1, 0.15) is 0 Å². The highest BCUT2D eigenvalue weighted by Gasteiger charge is 2.06. The summed E-state index contributed by atoms with van der Waals surface area (Å²) in [6, 6.07) is 6.87. The number of urea groups is 1. The third kappa shape index (κ3) is 4.85. The standard InChI is InChI=1S/C15H20N4O3/c1-2-13(20)7-4-8-16-15(21)18-12-6-3-5-11(9-12)14-19-17-10-22-14/h3,5-6,9-10,13,20H,2,4,7-8H2,1H3,(H2,16,18,21)/t13-/m1/s1. The molecular weight excluding hydrogens is 284 g/mol. The third-order valence-corrected chi connectivity index (χ3v) is 3.20. The van der Waals surface area contributed by atoms with Crippen molar-refractivity contribution in [3.05, 3.63) is 30.7 Å². The molecule has 3 N–H and O–H groups in total. The van der Waals surface area contributed by atoms with Gasteiger partial charge < -0.3 is 20.2 Å². The van der Waals surface area contributed by atoms with E-state index in [0.29, 0.717) is 24.5 Å². The van der Waals surface area contributed by atoms with E-state index < -0.39 is 0 Å². The lowest BCUT2D eigenvalue weighted by Gasteiger charge is -2.10. The maximum atomic E-state index is 11.8. The molecule has 0 aliphatic rings. The van der Waals surface area contributed by atoms with Crippen LogP contribution in [-0.4, -0.2) is 34.0 Å². The minimum absolute atomic E-state index is 0.284. The summed E-state index contributed by atoms with van der Waals surface area (Å²) in [5.41, 5.74) is 1.38. The summed E-state index contributed by atoms with van der Waals surface area (Å²) in [5, 5.41) is 22.4. The number of aliphatic hydroxyl groups is 1. The normalized spacial score (nSPS) is 11.9. The van der Waals surface area contributed by atoms with E-state index in [2.05, 4.69) is 20.8 Å². The predicted molar refractivity (Wildman–Crippen MR) is 82.3 cm³/mol.